The van der Waals surface area contributed by atoms with Crippen LogP contribution in [0.4, 0.5) is 0 Å². The first kappa shape index (κ1) is 9.72. The summed E-state index contributed by atoms with van der Waals surface area (Å²) in [6.07, 6.45) is 4.05. The SMILES string of the molecule is c1ccc2oc(C3CC3CNC3CC3)cc2c1. The lowest BCUT2D eigenvalue weighted by molar-refractivity contribution is 0.530. The maximum absolute atomic E-state index is 5.92. The lowest BCUT2D eigenvalue weighted by Crippen LogP contribution is -2.19. The zero-order valence-corrected chi connectivity index (χ0v) is 9.86. The van der Waals surface area contributed by atoms with Crippen LogP contribution in [0.2, 0.25) is 0 Å². The molecule has 2 aromatic rings. The number of hydrogen-bond acceptors (Lipinski definition) is 2. The third kappa shape index (κ3) is 1.87. The van der Waals surface area contributed by atoms with Crippen LogP contribution in [-0.2, 0) is 0 Å². The van der Waals surface area contributed by atoms with Gasteiger partial charge in [0.25, 0.3) is 0 Å². The molecule has 0 aliphatic heterocycles. The summed E-state index contributed by atoms with van der Waals surface area (Å²) in [5, 5.41) is 4.85. The molecule has 2 aliphatic carbocycles. The van der Waals surface area contributed by atoms with Gasteiger partial charge in [-0.1, -0.05) is 18.2 Å². The number of hydrogen-bond donors (Lipinski definition) is 1. The molecule has 0 spiro atoms. The highest BCUT2D eigenvalue weighted by Gasteiger charge is 2.41. The molecule has 1 aromatic carbocycles. The summed E-state index contributed by atoms with van der Waals surface area (Å²) in [4.78, 5) is 0. The highest BCUT2D eigenvalue weighted by molar-refractivity contribution is 5.77. The average molecular weight is 227 g/mol. The van der Waals surface area contributed by atoms with Crippen molar-refractivity contribution in [3.05, 3.63) is 36.1 Å². The van der Waals surface area contributed by atoms with Crippen molar-refractivity contribution >= 4 is 11.0 Å². The number of para-hydroxylation sites is 1. The molecule has 2 fully saturated rings. The van der Waals surface area contributed by atoms with Crippen LogP contribution in [0, 0.1) is 5.92 Å². The third-order valence-corrected chi connectivity index (χ3v) is 3.98. The first-order valence-corrected chi connectivity index (χ1v) is 6.62. The van der Waals surface area contributed by atoms with Gasteiger partial charge in [0, 0.05) is 17.3 Å². The molecule has 1 N–H and O–H groups in total. The molecular formula is C15H17NO. The summed E-state index contributed by atoms with van der Waals surface area (Å²) in [5.41, 5.74) is 1.03. The molecule has 0 saturated heterocycles. The van der Waals surface area contributed by atoms with Crippen molar-refractivity contribution in [2.24, 2.45) is 5.92 Å². The average Bonchev–Trinajstić information content (AvgIpc) is 3.24. The maximum Gasteiger partial charge on any atom is 0.134 e. The van der Waals surface area contributed by atoms with E-state index in [1.54, 1.807) is 0 Å². The maximum atomic E-state index is 5.92. The van der Waals surface area contributed by atoms with Crippen LogP contribution < -0.4 is 5.32 Å². The van der Waals surface area contributed by atoms with Crippen LogP contribution in [0.25, 0.3) is 11.0 Å². The third-order valence-electron chi connectivity index (χ3n) is 3.98. The molecule has 0 amide bonds. The highest BCUT2D eigenvalue weighted by Crippen LogP contribution is 2.48. The molecule has 88 valence electrons. The number of rotatable bonds is 4. The Morgan fingerprint density at radius 3 is 2.94 bits per heavy atom. The van der Waals surface area contributed by atoms with Crippen LogP contribution in [0.3, 0.4) is 0 Å². The van der Waals surface area contributed by atoms with E-state index < -0.39 is 0 Å². The van der Waals surface area contributed by atoms with Crippen molar-refractivity contribution < 1.29 is 4.42 Å². The summed E-state index contributed by atoms with van der Waals surface area (Å²) in [5.74, 6) is 2.65. The molecule has 2 saturated carbocycles. The molecule has 2 unspecified atom stereocenters. The molecule has 0 bridgehead atoms. The zero-order valence-electron chi connectivity index (χ0n) is 9.86. The second kappa shape index (κ2) is 3.61. The van der Waals surface area contributed by atoms with Gasteiger partial charge in [0.2, 0.25) is 0 Å². The Kier molecular flexibility index (Phi) is 2.06. The van der Waals surface area contributed by atoms with Gasteiger partial charge in [0.05, 0.1) is 0 Å². The monoisotopic (exact) mass is 227 g/mol. The minimum atomic E-state index is 0.661. The minimum Gasteiger partial charge on any atom is -0.461 e. The van der Waals surface area contributed by atoms with Crippen molar-refractivity contribution in [3.63, 3.8) is 0 Å². The molecule has 0 radical (unpaired) electrons. The smallest absolute Gasteiger partial charge is 0.134 e. The fraction of sp³-hybridized carbons (Fsp3) is 0.467. The van der Waals surface area contributed by atoms with E-state index in [2.05, 4.69) is 29.6 Å². The first-order valence-electron chi connectivity index (χ1n) is 6.62. The molecular weight excluding hydrogens is 210 g/mol. The van der Waals surface area contributed by atoms with Crippen LogP contribution in [-0.4, -0.2) is 12.6 Å². The van der Waals surface area contributed by atoms with Crippen molar-refractivity contribution in [2.75, 3.05) is 6.54 Å². The largest absolute Gasteiger partial charge is 0.461 e. The van der Waals surface area contributed by atoms with Crippen LogP contribution in [0.5, 0.6) is 0 Å². The van der Waals surface area contributed by atoms with Gasteiger partial charge in [-0.3, -0.25) is 0 Å². The van der Waals surface area contributed by atoms with Gasteiger partial charge in [0.15, 0.2) is 0 Å². The van der Waals surface area contributed by atoms with Crippen molar-refractivity contribution in [1.82, 2.24) is 5.32 Å². The predicted molar refractivity (Wildman–Crippen MR) is 68.1 cm³/mol. The summed E-state index contributed by atoms with van der Waals surface area (Å²) in [7, 11) is 0. The topological polar surface area (TPSA) is 25.2 Å². The number of furan rings is 1. The molecule has 17 heavy (non-hydrogen) atoms. The van der Waals surface area contributed by atoms with Gasteiger partial charge in [-0.15, -0.1) is 0 Å². The molecule has 4 rings (SSSR count). The Balaban J connectivity index is 1.47. The summed E-state index contributed by atoms with van der Waals surface area (Å²) in [6.45, 7) is 1.17. The molecule has 2 nitrogen and oxygen atoms in total. The molecule has 2 aliphatic rings. The summed E-state index contributed by atoms with van der Waals surface area (Å²) in [6, 6.07) is 11.3. The van der Waals surface area contributed by atoms with Crippen molar-refractivity contribution in [2.45, 2.75) is 31.2 Å². The van der Waals surface area contributed by atoms with E-state index in [0.717, 1.165) is 17.5 Å². The Labute approximate surface area is 101 Å². The fourth-order valence-corrected chi connectivity index (χ4v) is 2.61. The fourth-order valence-electron chi connectivity index (χ4n) is 2.61. The first-order chi connectivity index (χ1) is 8.40. The predicted octanol–water partition coefficient (Wildman–Crippen LogP) is 3.29. The van der Waals surface area contributed by atoms with E-state index in [1.807, 2.05) is 6.07 Å². The van der Waals surface area contributed by atoms with Gasteiger partial charge in [-0.05, 0) is 43.9 Å². The van der Waals surface area contributed by atoms with Crippen LogP contribution in [0.15, 0.2) is 34.7 Å². The van der Waals surface area contributed by atoms with E-state index in [9.17, 15) is 0 Å². The van der Waals surface area contributed by atoms with Crippen LogP contribution >= 0.6 is 0 Å². The molecule has 2 atom stereocenters. The molecule has 1 aromatic heterocycles. The minimum absolute atomic E-state index is 0.661. The Bertz CT molecular complexity index is 508. The molecule has 2 heteroatoms. The normalized spacial score (nSPS) is 27.5. The van der Waals surface area contributed by atoms with E-state index in [4.69, 9.17) is 4.42 Å². The number of benzene rings is 1. The Morgan fingerprint density at radius 2 is 2.12 bits per heavy atom. The van der Waals surface area contributed by atoms with E-state index in [0.29, 0.717) is 5.92 Å². The lowest BCUT2D eigenvalue weighted by atomic mass is 10.2. The second-order valence-electron chi connectivity index (χ2n) is 5.47. The number of fused-ring (bicyclic) bond motifs is 1. The summed E-state index contributed by atoms with van der Waals surface area (Å²) < 4.78 is 5.92. The van der Waals surface area contributed by atoms with Crippen LogP contribution in [0.1, 0.15) is 30.9 Å². The Morgan fingerprint density at radius 1 is 1.24 bits per heavy atom. The van der Waals surface area contributed by atoms with Gasteiger partial charge < -0.3 is 9.73 Å². The van der Waals surface area contributed by atoms with E-state index in [1.165, 1.54) is 37.0 Å². The van der Waals surface area contributed by atoms with Gasteiger partial charge in [-0.25, -0.2) is 0 Å². The van der Waals surface area contributed by atoms with Crippen molar-refractivity contribution in [1.29, 1.82) is 0 Å². The lowest BCUT2D eigenvalue weighted by Gasteiger charge is -1.99. The highest BCUT2D eigenvalue weighted by atomic mass is 16.3. The zero-order chi connectivity index (χ0) is 11.2. The van der Waals surface area contributed by atoms with Gasteiger partial charge in [-0.2, -0.15) is 0 Å². The van der Waals surface area contributed by atoms with Gasteiger partial charge in [0.1, 0.15) is 11.3 Å². The molecule has 1 heterocycles. The van der Waals surface area contributed by atoms with E-state index in [-0.39, 0.29) is 0 Å². The quantitative estimate of drug-likeness (QED) is 0.867. The van der Waals surface area contributed by atoms with E-state index >= 15 is 0 Å². The van der Waals surface area contributed by atoms with Gasteiger partial charge >= 0.3 is 0 Å². The second-order valence-corrected chi connectivity index (χ2v) is 5.47. The summed E-state index contributed by atoms with van der Waals surface area (Å²) >= 11 is 0. The number of nitrogens with one attached hydrogen (secondary N) is 1. The Hall–Kier alpha value is -1.28. The van der Waals surface area contributed by atoms with Crippen molar-refractivity contribution in [3.8, 4) is 0 Å². The standard InChI is InChI=1S/C15H17NO/c1-2-4-14-10(3-1)8-15(17-14)13-7-11(13)9-16-12-5-6-12/h1-4,8,11-13,16H,5-7,9H2.